The molecule has 0 rings (SSSR count). The van der Waals surface area contributed by atoms with Crippen LogP contribution in [0.3, 0.4) is 0 Å². The number of amidine groups is 1. The van der Waals surface area contributed by atoms with Crippen molar-refractivity contribution in [3.63, 3.8) is 0 Å². The molecule has 22 heavy (non-hydrogen) atoms. The molecular weight excluding hydrogens is 280 g/mol. The van der Waals surface area contributed by atoms with E-state index in [1.54, 1.807) is 20.0 Å². The Kier molecular flexibility index (Phi) is 8.44. The molecule has 0 saturated carbocycles. The molecule has 0 heterocycles. The summed E-state index contributed by atoms with van der Waals surface area (Å²) in [7, 11) is 0. The number of nitrogens with two attached hydrogens (primary N) is 3. The Morgan fingerprint density at radius 1 is 1.18 bits per heavy atom. The summed E-state index contributed by atoms with van der Waals surface area (Å²) in [6.07, 6.45) is 4.80. The number of allylic oxidation sites excluding steroid dienone is 1. The fraction of sp³-hybridized carbons (Fsp3) is 0.467. The highest BCUT2D eigenvalue weighted by molar-refractivity contribution is 6.10. The summed E-state index contributed by atoms with van der Waals surface area (Å²) in [5, 5.41) is 13.3. The molecule has 0 aromatic rings. The first kappa shape index (κ1) is 19.6. The molecule has 7 heteroatoms. The predicted octanol–water partition coefficient (Wildman–Crippen LogP) is 0.753. The van der Waals surface area contributed by atoms with Crippen LogP contribution in [0.2, 0.25) is 0 Å². The van der Waals surface area contributed by atoms with E-state index in [2.05, 4.69) is 24.5 Å². The first-order valence-corrected chi connectivity index (χ1v) is 7.24. The average Bonchev–Trinajstić information content (AvgIpc) is 2.41. The van der Waals surface area contributed by atoms with Crippen LogP contribution in [-0.2, 0) is 4.79 Å². The van der Waals surface area contributed by atoms with Crippen LogP contribution in [0.25, 0.3) is 0 Å². The van der Waals surface area contributed by atoms with Crippen molar-refractivity contribution in [2.45, 2.75) is 46.6 Å². The Balaban J connectivity index is 5.30. The Morgan fingerprint density at radius 3 is 2.14 bits per heavy atom. The van der Waals surface area contributed by atoms with E-state index in [-0.39, 0.29) is 17.7 Å². The van der Waals surface area contributed by atoms with Gasteiger partial charge in [-0.2, -0.15) is 0 Å². The minimum absolute atomic E-state index is 0.0600. The van der Waals surface area contributed by atoms with Crippen LogP contribution in [0.1, 0.15) is 40.5 Å². The molecule has 124 valence electrons. The van der Waals surface area contributed by atoms with E-state index >= 15 is 0 Å². The minimum Gasteiger partial charge on any atom is -0.402 e. The first-order valence-electron chi connectivity index (χ1n) is 7.24. The summed E-state index contributed by atoms with van der Waals surface area (Å²) in [6.45, 7) is 7.40. The van der Waals surface area contributed by atoms with Gasteiger partial charge in [0.2, 0.25) is 0 Å². The van der Waals surface area contributed by atoms with Gasteiger partial charge in [0, 0.05) is 23.5 Å². The molecule has 1 amide bonds. The van der Waals surface area contributed by atoms with E-state index < -0.39 is 5.91 Å². The van der Waals surface area contributed by atoms with E-state index in [4.69, 9.17) is 22.6 Å². The molecule has 9 N–H and O–H groups in total. The molecule has 0 aliphatic heterocycles. The highest BCUT2D eigenvalue weighted by Gasteiger charge is 2.15. The molecule has 0 spiro atoms. The van der Waals surface area contributed by atoms with Crippen LogP contribution in [0, 0.1) is 5.41 Å². The van der Waals surface area contributed by atoms with E-state index in [0.717, 1.165) is 12.8 Å². The number of hydrogen-bond acceptors (Lipinski definition) is 6. The quantitative estimate of drug-likeness (QED) is 0.178. The van der Waals surface area contributed by atoms with E-state index in [9.17, 15) is 4.79 Å². The Labute approximate surface area is 132 Å². The summed E-state index contributed by atoms with van der Waals surface area (Å²) < 4.78 is 0. The number of amides is 1. The van der Waals surface area contributed by atoms with Crippen LogP contribution < -0.4 is 27.8 Å². The Bertz CT molecular complexity index is 492. The molecule has 0 atom stereocenters. The number of carbonyl (C=O) groups excluding carboxylic acids is 1. The molecular formula is C15H28N6O. The largest absolute Gasteiger partial charge is 0.402 e. The van der Waals surface area contributed by atoms with E-state index in [1.807, 2.05) is 0 Å². The maximum Gasteiger partial charge on any atom is 0.258 e. The lowest BCUT2D eigenvalue weighted by molar-refractivity contribution is -0.115. The number of nitrogens with one attached hydrogen (secondary N) is 3. The topological polar surface area (TPSA) is 143 Å². The van der Waals surface area contributed by atoms with Gasteiger partial charge in [-0.25, -0.2) is 0 Å². The zero-order valence-electron chi connectivity index (χ0n) is 13.8. The van der Waals surface area contributed by atoms with Crippen molar-refractivity contribution in [3.8, 4) is 0 Å². The predicted molar refractivity (Wildman–Crippen MR) is 90.5 cm³/mol. The highest BCUT2D eigenvalue weighted by Crippen LogP contribution is 2.10. The molecule has 0 aromatic carbocycles. The molecule has 0 aromatic heterocycles. The zero-order valence-corrected chi connectivity index (χ0v) is 13.8. The molecule has 7 nitrogen and oxygen atoms in total. The minimum atomic E-state index is -0.466. The zero-order chi connectivity index (χ0) is 17.3. The second kappa shape index (κ2) is 9.49. The van der Waals surface area contributed by atoms with Crippen LogP contribution >= 0.6 is 0 Å². The Morgan fingerprint density at radius 2 is 1.73 bits per heavy atom. The fourth-order valence-electron chi connectivity index (χ4n) is 1.68. The van der Waals surface area contributed by atoms with Gasteiger partial charge < -0.3 is 27.8 Å². The molecule has 0 radical (unpaired) electrons. The standard InChI is InChI=1S/C15H28N6O/c1-5-11(6-2)20-8-12(10(4)14(18)19)15(22)21-13(17)7-9(3)16/h7-8,11,20H,5-6,16,18-19H2,1-4H3,(H2,17,21,22)/b9-7-,12-8+. The monoisotopic (exact) mass is 308 g/mol. The summed E-state index contributed by atoms with van der Waals surface area (Å²) in [5.74, 6) is -0.501. The van der Waals surface area contributed by atoms with E-state index in [0.29, 0.717) is 16.8 Å². The SMILES string of the molecule is CCC(CC)N/C=C(/C(=O)NC(=N)/C=C(/C)N)C(C)=C(N)N. The van der Waals surface area contributed by atoms with Gasteiger partial charge in [-0.1, -0.05) is 13.8 Å². The summed E-state index contributed by atoms with van der Waals surface area (Å²) in [5.41, 5.74) is 17.8. The number of carbonyl (C=O) groups is 1. The van der Waals surface area contributed by atoms with Gasteiger partial charge in [-0.3, -0.25) is 10.2 Å². The lowest BCUT2D eigenvalue weighted by atomic mass is 10.1. The highest BCUT2D eigenvalue weighted by atomic mass is 16.1. The first-order chi connectivity index (χ1) is 10.2. The maximum absolute atomic E-state index is 12.3. The van der Waals surface area contributed by atoms with Gasteiger partial charge >= 0.3 is 0 Å². The summed E-state index contributed by atoms with van der Waals surface area (Å²) in [4.78, 5) is 12.3. The van der Waals surface area contributed by atoms with Gasteiger partial charge in [-0.05, 0) is 32.8 Å². The van der Waals surface area contributed by atoms with E-state index in [1.165, 1.54) is 6.08 Å². The van der Waals surface area contributed by atoms with Crippen molar-refractivity contribution >= 4 is 11.7 Å². The van der Waals surface area contributed by atoms with Crippen molar-refractivity contribution < 1.29 is 4.79 Å². The van der Waals surface area contributed by atoms with Gasteiger partial charge in [0.15, 0.2) is 0 Å². The van der Waals surface area contributed by atoms with Crippen molar-refractivity contribution in [1.82, 2.24) is 10.6 Å². The third kappa shape index (κ3) is 6.83. The summed E-state index contributed by atoms with van der Waals surface area (Å²) in [6, 6.07) is 0.250. The van der Waals surface area contributed by atoms with Crippen LogP contribution in [0.15, 0.2) is 34.9 Å². The molecule has 0 fully saturated rings. The third-order valence-corrected chi connectivity index (χ3v) is 3.15. The second-order valence-electron chi connectivity index (χ2n) is 5.07. The normalized spacial score (nSPS) is 12.0. The van der Waals surface area contributed by atoms with Crippen molar-refractivity contribution in [3.05, 3.63) is 34.9 Å². The fourth-order valence-corrected chi connectivity index (χ4v) is 1.68. The smallest absolute Gasteiger partial charge is 0.258 e. The van der Waals surface area contributed by atoms with Crippen molar-refractivity contribution in [2.24, 2.45) is 17.2 Å². The lowest BCUT2D eigenvalue weighted by Crippen LogP contribution is -2.33. The van der Waals surface area contributed by atoms with Gasteiger partial charge in [-0.15, -0.1) is 0 Å². The van der Waals surface area contributed by atoms with Crippen molar-refractivity contribution in [1.29, 1.82) is 5.41 Å². The molecule has 0 aliphatic carbocycles. The van der Waals surface area contributed by atoms with Crippen LogP contribution in [-0.4, -0.2) is 17.8 Å². The number of rotatable bonds is 7. The number of hydrogen-bond donors (Lipinski definition) is 6. The van der Waals surface area contributed by atoms with Crippen LogP contribution in [0.4, 0.5) is 0 Å². The molecule has 0 aliphatic rings. The maximum atomic E-state index is 12.3. The Hall–Kier alpha value is -2.44. The molecule has 0 unspecified atom stereocenters. The van der Waals surface area contributed by atoms with Crippen molar-refractivity contribution in [2.75, 3.05) is 0 Å². The molecule has 0 saturated heterocycles. The molecule has 0 bridgehead atoms. The van der Waals surface area contributed by atoms with Gasteiger partial charge in [0.05, 0.1) is 11.4 Å². The second-order valence-corrected chi connectivity index (χ2v) is 5.07. The van der Waals surface area contributed by atoms with Crippen LogP contribution in [0.5, 0.6) is 0 Å². The van der Waals surface area contributed by atoms with Gasteiger partial charge in [0.25, 0.3) is 5.91 Å². The average molecular weight is 308 g/mol. The third-order valence-electron chi connectivity index (χ3n) is 3.15. The summed E-state index contributed by atoms with van der Waals surface area (Å²) >= 11 is 0. The lowest BCUT2D eigenvalue weighted by Gasteiger charge is -2.15. The van der Waals surface area contributed by atoms with Gasteiger partial charge in [0.1, 0.15) is 5.84 Å².